The molecule has 0 aliphatic carbocycles. The number of rotatable bonds is 5. The van der Waals surface area contributed by atoms with Crippen LogP contribution in [-0.4, -0.2) is 23.0 Å². The van der Waals surface area contributed by atoms with Crippen LogP contribution >= 0.6 is 0 Å². The Morgan fingerprint density at radius 3 is 2.44 bits per heavy atom. The van der Waals surface area contributed by atoms with Crippen molar-refractivity contribution >= 4 is 39.3 Å². The quantitative estimate of drug-likeness (QED) is 0.257. The second-order valence-corrected chi connectivity index (χ2v) is 9.44. The van der Waals surface area contributed by atoms with Crippen LogP contribution in [0.3, 0.4) is 0 Å². The maximum Gasteiger partial charge on any atom is 0.261 e. The van der Waals surface area contributed by atoms with Crippen LogP contribution in [0, 0.1) is 13.8 Å². The number of hydrogen-bond donors (Lipinski definition) is 2. The van der Waals surface area contributed by atoms with Gasteiger partial charge in [0.05, 0.1) is 23.8 Å². The van der Waals surface area contributed by atoms with Crippen molar-refractivity contribution in [1.82, 2.24) is 9.97 Å². The van der Waals surface area contributed by atoms with Crippen LogP contribution in [0.15, 0.2) is 100 Å². The fraction of sp³-hybridized carbons (Fsp3) is 0.0938. The third-order valence-corrected chi connectivity index (χ3v) is 6.45. The molecule has 0 saturated carbocycles. The van der Waals surface area contributed by atoms with E-state index in [1.807, 2.05) is 92.7 Å². The van der Waals surface area contributed by atoms with E-state index in [9.17, 15) is 4.79 Å². The minimum atomic E-state index is -0.330. The SMILES string of the molecule is COc1cccc2cc(C(=O)Nc3ccc(-c4nc5ccccc5[nH]4)cc3)c(=Nc3cc(C)cc(C)c3)oc12. The third-order valence-electron chi connectivity index (χ3n) is 6.45. The number of imidazole rings is 1. The Bertz CT molecular complexity index is 1860. The van der Waals surface area contributed by atoms with E-state index in [0.29, 0.717) is 28.3 Å². The maximum atomic E-state index is 13.5. The monoisotopic (exact) mass is 514 g/mol. The fourth-order valence-electron chi connectivity index (χ4n) is 4.66. The molecule has 192 valence electrons. The first kappa shape index (κ1) is 24.2. The number of aryl methyl sites for hydroxylation is 2. The van der Waals surface area contributed by atoms with E-state index in [0.717, 1.165) is 38.9 Å². The molecular formula is C32H26N4O3. The fourth-order valence-corrected chi connectivity index (χ4v) is 4.66. The molecule has 0 unspecified atom stereocenters. The predicted molar refractivity (Wildman–Crippen MR) is 153 cm³/mol. The number of fused-ring (bicyclic) bond motifs is 2. The number of carbonyl (C=O) groups is 1. The lowest BCUT2D eigenvalue weighted by molar-refractivity contribution is 0.102. The molecule has 0 aliphatic heterocycles. The Hall–Kier alpha value is -5.17. The Kier molecular flexibility index (Phi) is 6.17. The van der Waals surface area contributed by atoms with E-state index in [2.05, 4.69) is 21.4 Å². The number of hydrogen-bond acceptors (Lipinski definition) is 5. The first-order valence-electron chi connectivity index (χ1n) is 12.6. The zero-order valence-corrected chi connectivity index (χ0v) is 21.8. The zero-order valence-electron chi connectivity index (χ0n) is 21.8. The molecule has 2 N–H and O–H groups in total. The lowest BCUT2D eigenvalue weighted by Gasteiger charge is -2.09. The number of nitrogens with one attached hydrogen (secondary N) is 2. The highest BCUT2D eigenvalue weighted by atomic mass is 16.5. The van der Waals surface area contributed by atoms with Gasteiger partial charge in [-0.05, 0) is 85.6 Å². The van der Waals surface area contributed by atoms with Crippen molar-refractivity contribution < 1.29 is 13.9 Å². The average molecular weight is 515 g/mol. The van der Waals surface area contributed by atoms with Gasteiger partial charge in [0.2, 0.25) is 5.55 Å². The van der Waals surface area contributed by atoms with Gasteiger partial charge in [-0.3, -0.25) is 4.79 Å². The molecule has 6 rings (SSSR count). The van der Waals surface area contributed by atoms with Crippen LogP contribution in [0.1, 0.15) is 21.5 Å². The van der Waals surface area contributed by atoms with Crippen LogP contribution in [0.5, 0.6) is 5.75 Å². The molecule has 7 heteroatoms. The summed E-state index contributed by atoms with van der Waals surface area (Å²) in [6, 6.07) is 28.7. The average Bonchev–Trinajstić information content (AvgIpc) is 3.36. The number of methoxy groups -OCH3 is 1. The highest BCUT2D eigenvalue weighted by Gasteiger charge is 2.16. The number of nitrogens with zero attached hydrogens (tertiary/aromatic N) is 2. The molecule has 0 atom stereocenters. The summed E-state index contributed by atoms with van der Waals surface area (Å²) in [5.74, 6) is 1.01. The molecule has 39 heavy (non-hydrogen) atoms. The largest absolute Gasteiger partial charge is 0.493 e. The van der Waals surface area contributed by atoms with Gasteiger partial charge < -0.3 is 19.5 Å². The maximum absolute atomic E-state index is 13.5. The molecule has 0 saturated heterocycles. The molecule has 0 spiro atoms. The molecule has 0 aliphatic rings. The highest BCUT2D eigenvalue weighted by Crippen LogP contribution is 2.26. The van der Waals surface area contributed by atoms with Gasteiger partial charge in [-0.15, -0.1) is 0 Å². The first-order valence-corrected chi connectivity index (χ1v) is 12.6. The van der Waals surface area contributed by atoms with Crippen molar-refractivity contribution in [3.8, 4) is 17.1 Å². The van der Waals surface area contributed by atoms with Crippen LogP contribution in [-0.2, 0) is 0 Å². The summed E-state index contributed by atoms with van der Waals surface area (Å²) < 4.78 is 11.7. The first-order chi connectivity index (χ1) is 19.0. The molecule has 0 bridgehead atoms. The van der Waals surface area contributed by atoms with E-state index in [4.69, 9.17) is 14.1 Å². The molecule has 0 fully saturated rings. The Labute approximate surface area is 224 Å². The van der Waals surface area contributed by atoms with Crippen LogP contribution in [0.2, 0.25) is 0 Å². The smallest absolute Gasteiger partial charge is 0.261 e. The number of anilines is 1. The van der Waals surface area contributed by atoms with Crippen LogP contribution < -0.4 is 15.6 Å². The summed E-state index contributed by atoms with van der Waals surface area (Å²) in [5.41, 5.74) is 7.33. The summed E-state index contributed by atoms with van der Waals surface area (Å²) in [6.07, 6.45) is 0. The Morgan fingerprint density at radius 1 is 0.923 bits per heavy atom. The number of ether oxygens (including phenoxy) is 1. The second-order valence-electron chi connectivity index (χ2n) is 9.44. The van der Waals surface area contributed by atoms with Crippen molar-refractivity contribution in [2.45, 2.75) is 13.8 Å². The number of aromatic amines is 1. The summed E-state index contributed by atoms with van der Waals surface area (Å²) in [7, 11) is 1.58. The van der Waals surface area contributed by atoms with Crippen molar-refractivity contribution in [1.29, 1.82) is 0 Å². The van der Waals surface area contributed by atoms with E-state index in [1.165, 1.54) is 0 Å². The number of aromatic nitrogens is 2. The summed E-state index contributed by atoms with van der Waals surface area (Å²) in [4.78, 5) is 26.3. The summed E-state index contributed by atoms with van der Waals surface area (Å²) in [5, 5.41) is 3.72. The lowest BCUT2D eigenvalue weighted by Crippen LogP contribution is -2.21. The van der Waals surface area contributed by atoms with Gasteiger partial charge in [-0.1, -0.05) is 30.3 Å². The van der Waals surface area contributed by atoms with E-state index in [-0.39, 0.29) is 11.5 Å². The number of amides is 1. The topological polar surface area (TPSA) is 92.5 Å². The lowest BCUT2D eigenvalue weighted by atomic mass is 10.1. The molecule has 6 aromatic rings. The minimum absolute atomic E-state index is 0.202. The van der Waals surface area contributed by atoms with Crippen molar-refractivity contribution in [3.05, 3.63) is 113 Å². The highest BCUT2D eigenvalue weighted by molar-refractivity contribution is 6.05. The molecule has 7 nitrogen and oxygen atoms in total. The molecule has 4 aromatic carbocycles. The number of para-hydroxylation sites is 3. The number of benzene rings is 4. The van der Waals surface area contributed by atoms with Gasteiger partial charge in [0.25, 0.3) is 5.91 Å². The normalized spacial score (nSPS) is 11.7. The summed E-state index contributed by atoms with van der Waals surface area (Å²) in [6.45, 7) is 4.02. The summed E-state index contributed by atoms with van der Waals surface area (Å²) >= 11 is 0. The number of carbonyl (C=O) groups excluding carboxylic acids is 1. The Balaban J connectivity index is 1.37. The van der Waals surface area contributed by atoms with E-state index < -0.39 is 0 Å². The van der Waals surface area contributed by atoms with E-state index >= 15 is 0 Å². The molecule has 0 radical (unpaired) electrons. The van der Waals surface area contributed by atoms with Gasteiger partial charge in [0.1, 0.15) is 11.4 Å². The van der Waals surface area contributed by atoms with Crippen LogP contribution in [0.4, 0.5) is 11.4 Å². The van der Waals surface area contributed by atoms with Gasteiger partial charge >= 0.3 is 0 Å². The van der Waals surface area contributed by atoms with Gasteiger partial charge in [0, 0.05) is 16.6 Å². The predicted octanol–water partition coefficient (Wildman–Crippen LogP) is 7.09. The molecular weight excluding hydrogens is 488 g/mol. The van der Waals surface area contributed by atoms with Gasteiger partial charge in [-0.25, -0.2) is 9.98 Å². The third kappa shape index (κ3) is 4.90. The van der Waals surface area contributed by atoms with Crippen molar-refractivity contribution in [2.24, 2.45) is 4.99 Å². The van der Waals surface area contributed by atoms with Crippen molar-refractivity contribution in [2.75, 3.05) is 12.4 Å². The second kappa shape index (κ2) is 9.95. The molecule has 1 amide bonds. The molecule has 2 aromatic heterocycles. The zero-order chi connectivity index (χ0) is 26.9. The Morgan fingerprint density at radius 2 is 1.69 bits per heavy atom. The van der Waals surface area contributed by atoms with Crippen molar-refractivity contribution in [3.63, 3.8) is 0 Å². The standard InChI is InChI=1S/C32H26N4O3/c1-19-15-20(2)17-24(16-19)34-32-25(18-22-7-6-10-28(38-3)29(22)39-32)31(37)33-23-13-11-21(12-14-23)30-35-26-8-4-5-9-27(26)36-30/h4-18H,1-3H3,(H,33,37)(H,35,36). The minimum Gasteiger partial charge on any atom is -0.493 e. The van der Waals surface area contributed by atoms with Crippen LogP contribution in [0.25, 0.3) is 33.4 Å². The van der Waals surface area contributed by atoms with Gasteiger partial charge in [-0.2, -0.15) is 0 Å². The number of H-pyrrole nitrogens is 1. The van der Waals surface area contributed by atoms with Gasteiger partial charge in [0.15, 0.2) is 11.3 Å². The van der Waals surface area contributed by atoms with E-state index in [1.54, 1.807) is 13.2 Å². The molecule has 2 heterocycles.